The number of carbonyl (C=O) groups excluding carboxylic acids is 1. The fraction of sp³-hybridized carbons (Fsp3) is 0.333. The Labute approximate surface area is 46.2 Å². The van der Waals surface area contributed by atoms with Crippen molar-refractivity contribution in [3.8, 4) is 0 Å². The molecule has 0 fully saturated rings. The molecule has 0 unspecified atom stereocenters. The van der Waals surface area contributed by atoms with Gasteiger partial charge in [-0.05, 0) is 11.6 Å². The highest BCUT2D eigenvalue weighted by Gasteiger charge is 1.86. The molecule has 0 saturated heterocycles. The van der Waals surface area contributed by atoms with E-state index in [-0.39, 0.29) is 6.54 Å². The summed E-state index contributed by atoms with van der Waals surface area (Å²) >= 11 is 4.85. The topological polar surface area (TPSA) is 55.4 Å². The van der Waals surface area contributed by atoms with Gasteiger partial charge in [-0.25, -0.2) is 0 Å². The Morgan fingerprint density at radius 1 is 2.00 bits per heavy atom. The molecule has 0 bridgehead atoms. The summed E-state index contributed by atoms with van der Waals surface area (Å²) < 4.78 is 0. The zero-order chi connectivity index (χ0) is 5.70. The minimum Gasteiger partial charge on any atom is -0.390 e. The van der Waals surface area contributed by atoms with Gasteiger partial charge >= 0.3 is 0 Å². The first kappa shape index (κ1) is 6.43. The molecule has 2 N–H and O–H groups in total. The van der Waals surface area contributed by atoms with Gasteiger partial charge in [-0.1, -0.05) is 0 Å². The molecular weight excluding hydrogens is 115 g/mol. The van der Waals surface area contributed by atoms with Crippen molar-refractivity contribution in [1.82, 2.24) is 0 Å². The molecule has 0 aliphatic heterocycles. The second-order valence-corrected chi connectivity index (χ2v) is 1.27. The summed E-state index contributed by atoms with van der Waals surface area (Å²) in [6.07, 6.45) is 1.04. The first-order chi connectivity index (χ1) is 3.27. The van der Waals surface area contributed by atoms with Crippen molar-refractivity contribution in [1.29, 1.82) is 0 Å². The molecule has 0 aliphatic rings. The van der Waals surface area contributed by atoms with E-state index in [0.717, 1.165) is 6.34 Å². The number of rotatable bonds is 2. The fourth-order valence-electron chi connectivity index (χ4n) is 0.124. The van der Waals surface area contributed by atoms with Crippen molar-refractivity contribution in [3.05, 3.63) is 0 Å². The van der Waals surface area contributed by atoms with Gasteiger partial charge in [0.05, 0.1) is 6.34 Å². The van der Waals surface area contributed by atoms with Crippen molar-refractivity contribution < 1.29 is 4.79 Å². The third kappa shape index (κ3) is 5.43. The van der Waals surface area contributed by atoms with E-state index in [9.17, 15) is 4.79 Å². The lowest BCUT2D eigenvalue weighted by Gasteiger charge is -1.76. The predicted molar refractivity (Wildman–Crippen MR) is 28.4 cm³/mol. The zero-order valence-electron chi connectivity index (χ0n) is 3.60. The Kier molecular flexibility index (Phi) is 3.32. The summed E-state index contributed by atoms with van der Waals surface area (Å²) in [6.45, 7) is -0.0297. The fourth-order valence-corrected chi connectivity index (χ4v) is 0.193. The Morgan fingerprint density at radius 3 is 2.71 bits per heavy atom. The summed E-state index contributed by atoms with van der Waals surface area (Å²) in [7, 11) is 0. The Bertz CT molecular complexity index is 90.9. The highest BCUT2D eigenvalue weighted by molar-refractivity contribution is 6.64. The predicted octanol–water partition coefficient (Wildman–Crippen LogP) is -0.261. The molecule has 0 heterocycles. The van der Waals surface area contributed by atoms with Crippen LogP contribution in [0.2, 0.25) is 0 Å². The van der Waals surface area contributed by atoms with E-state index in [1.807, 2.05) is 0 Å². The summed E-state index contributed by atoms with van der Waals surface area (Å²) in [6, 6.07) is 0. The average molecular weight is 121 g/mol. The van der Waals surface area contributed by atoms with E-state index in [1.54, 1.807) is 0 Å². The van der Waals surface area contributed by atoms with Gasteiger partial charge in [-0.2, -0.15) is 0 Å². The van der Waals surface area contributed by atoms with E-state index >= 15 is 0 Å². The highest BCUT2D eigenvalue weighted by Crippen LogP contribution is 1.76. The van der Waals surface area contributed by atoms with Gasteiger partial charge in [0.15, 0.2) is 0 Å². The lowest BCUT2D eigenvalue weighted by Crippen LogP contribution is -1.95. The third-order valence-corrected chi connectivity index (χ3v) is 0.441. The summed E-state index contributed by atoms with van der Waals surface area (Å²) in [5.41, 5.74) is 4.77. The molecule has 0 aromatic rings. The molecule has 0 atom stereocenters. The van der Waals surface area contributed by atoms with E-state index in [0.29, 0.717) is 0 Å². The van der Waals surface area contributed by atoms with Crippen molar-refractivity contribution >= 4 is 23.2 Å². The van der Waals surface area contributed by atoms with E-state index < -0.39 is 5.24 Å². The largest absolute Gasteiger partial charge is 0.390 e. The lowest BCUT2D eigenvalue weighted by molar-refractivity contribution is -0.110. The van der Waals surface area contributed by atoms with Crippen molar-refractivity contribution in [2.45, 2.75) is 0 Å². The van der Waals surface area contributed by atoms with Gasteiger partial charge in [-0.3, -0.25) is 9.79 Å². The molecule has 0 radical (unpaired) electrons. The molecule has 3 nitrogen and oxygen atoms in total. The summed E-state index contributed by atoms with van der Waals surface area (Å²) in [5.74, 6) is 0. The van der Waals surface area contributed by atoms with Crippen LogP contribution in [-0.4, -0.2) is 18.1 Å². The van der Waals surface area contributed by atoms with Gasteiger partial charge in [0.1, 0.15) is 6.54 Å². The second-order valence-electron chi connectivity index (χ2n) is 0.845. The van der Waals surface area contributed by atoms with Crippen LogP contribution in [0.4, 0.5) is 0 Å². The second kappa shape index (κ2) is 3.61. The number of halogens is 1. The van der Waals surface area contributed by atoms with Gasteiger partial charge in [-0.15, -0.1) is 0 Å². The van der Waals surface area contributed by atoms with Crippen molar-refractivity contribution in [2.75, 3.05) is 6.54 Å². The quantitative estimate of drug-likeness (QED) is 0.310. The summed E-state index contributed by atoms with van der Waals surface area (Å²) in [4.78, 5) is 13.1. The number of hydrogen-bond acceptors (Lipinski definition) is 2. The number of nitrogens with two attached hydrogens (primary N) is 1. The van der Waals surface area contributed by atoms with Crippen LogP contribution in [0.15, 0.2) is 4.99 Å². The Balaban J connectivity index is 3.14. The van der Waals surface area contributed by atoms with Gasteiger partial charge in [0.2, 0.25) is 5.24 Å². The molecule has 0 rings (SSSR count). The van der Waals surface area contributed by atoms with Gasteiger partial charge in [0, 0.05) is 0 Å². The molecule has 0 saturated carbocycles. The smallest absolute Gasteiger partial charge is 0.243 e. The Hall–Kier alpha value is -0.570. The molecule has 0 aromatic carbocycles. The average Bonchev–Trinajstić information content (AvgIpc) is 1.61. The van der Waals surface area contributed by atoms with Crippen LogP contribution < -0.4 is 5.73 Å². The summed E-state index contributed by atoms with van der Waals surface area (Å²) in [5, 5.41) is -0.498. The van der Waals surface area contributed by atoms with Gasteiger partial charge in [0.25, 0.3) is 0 Å². The highest BCUT2D eigenvalue weighted by atomic mass is 35.5. The van der Waals surface area contributed by atoms with E-state index in [1.165, 1.54) is 0 Å². The number of carbonyl (C=O) groups is 1. The van der Waals surface area contributed by atoms with Crippen LogP contribution in [0.5, 0.6) is 0 Å². The number of hydrogen-bond donors (Lipinski definition) is 1. The molecule has 7 heavy (non-hydrogen) atoms. The third-order valence-electron chi connectivity index (χ3n) is 0.321. The number of nitrogens with zero attached hydrogens (tertiary/aromatic N) is 1. The minimum atomic E-state index is -0.498. The van der Waals surface area contributed by atoms with Crippen LogP contribution in [0.25, 0.3) is 0 Å². The lowest BCUT2D eigenvalue weighted by atomic mass is 10.8. The van der Waals surface area contributed by atoms with E-state index in [2.05, 4.69) is 4.99 Å². The monoisotopic (exact) mass is 120 g/mol. The molecule has 0 aromatic heterocycles. The SMILES string of the molecule is NC=NCC(=O)Cl. The maximum atomic E-state index is 9.80. The van der Waals surface area contributed by atoms with Crippen LogP contribution >= 0.6 is 11.6 Å². The minimum absolute atomic E-state index is 0.0297. The van der Waals surface area contributed by atoms with Crippen molar-refractivity contribution in [2.24, 2.45) is 10.7 Å². The molecular formula is C3H5ClN2O. The van der Waals surface area contributed by atoms with E-state index in [4.69, 9.17) is 17.3 Å². The zero-order valence-corrected chi connectivity index (χ0v) is 4.35. The van der Waals surface area contributed by atoms with Crippen LogP contribution in [-0.2, 0) is 4.79 Å². The normalized spacial score (nSPS) is 9.86. The molecule has 0 amide bonds. The van der Waals surface area contributed by atoms with Gasteiger partial charge < -0.3 is 5.73 Å². The first-order valence-corrected chi connectivity index (χ1v) is 2.03. The first-order valence-electron chi connectivity index (χ1n) is 1.65. The maximum Gasteiger partial charge on any atom is 0.243 e. The molecule has 4 heteroatoms. The Morgan fingerprint density at radius 2 is 2.57 bits per heavy atom. The van der Waals surface area contributed by atoms with Crippen LogP contribution in [0, 0.1) is 0 Å². The van der Waals surface area contributed by atoms with Crippen LogP contribution in [0.1, 0.15) is 0 Å². The molecule has 40 valence electrons. The maximum absolute atomic E-state index is 9.80. The number of aliphatic imine (C=N–C) groups is 1. The van der Waals surface area contributed by atoms with Crippen molar-refractivity contribution in [3.63, 3.8) is 0 Å². The molecule has 0 aliphatic carbocycles. The van der Waals surface area contributed by atoms with Crippen LogP contribution in [0.3, 0.4) is 0 Å². The standard InChI is InChI=1S/C3H5ClN2O/c4-3(7)1-6-2-5/h2H,1H2,(H2,5,6). The molecule has 0 spiro atoms.